The molecule has 0 N–H and O–H groups in total. The Morgan fingerprint density at radius 1 is 1.00 bits per heavy atom. The van der Waals surface area contributed by atoms with Gasteiger partial charge in [0.2, 0.25) is 0 Å². The molecule has 18 heavy (non-hydrogen) atoms. The van der Waals surface area contributed by atoms with E-state index in [1.54, 1.807) is 0 Å². The molecule has 0 spiro atoms. The van der Waals surface area contributed by atoms with E-state index in [1.807, 2.05) is 0 Å². The normalized spacial score (nSPS) is 27.2. The molecule has 0 radical (unpaired) electrons. The highest BCUT2D eigenvalue weighted by Gasteiger charge is 2.29. The molecular formula is C18H28. The van der Waals surface area contributed by atoms with Gasteiger partial charge < -0.3 is 0 Å². The van der Waals surface area contributed by atoms with Crippen molar-refractivity contribution >= 4 is 0 Å². The van der Waals surface area contributed by atoms with Crippen LogP contribution in [0.5, 0.6) is 0 Å². The molecule has 0 nitrogen and oxygen atoms in total. The topological polar surface area (TPSA) is 0 Å². The Kier molecular flexibility index (Phi) is 5.77. The quantitative estimate of drug-likeness (QED) is 0.362. The van der Waals surface area contributed by atoms with E-state index < -0.39 is 0 Å². The average Bonchev–Trinajstić information content (AvgIpc) is 2.23. The number of allylic oxidation sites excluding steroid dienone is 6. The third-order valence-electron chi connectivity index (χ3n) is 4.48. The largest absolute Gasteiger partial charge is 0.0885 e. The maximum atomic E-state index is 2.44. The molecule has 2 aliphatic carbocycles. The lowest BCUT2D eigenvalue weighted by atomic mass is 9.69. The van der Waals surface area contributed by atoms with Gasteiger partial charge in [-0.1, -0.05) is 56.2 Å². The van der Waals surface area contributed by atoms with Crippen LogP contribution in [-0.4, -0.2) is 0 Å². The van der Waals surface area contributed by atoms with Gasteiger partial charge in [0.05, 0.1) is 0 Å². The highest BCUT2D eigenvalue weighted by atomic mass is 14.3. The molecule has 2 unspecified atom stereocenters. The van der Waals surface area contributed by atoms with Crippen LogP contribution in [0, 0.1) is 17.8 Å². The Labute approximate surface area is 113 Å². The summed E-state index contributed by atoms with van der Waals surface area (Å²) in [5.41, 5.74) is 0. The van der Waals surface area contributed by atoms with Crippen LogP contribution in [0.3, 0.4) is 0 Å². The van der Waals surface area contributed by atoms with E-state index in [2.05, 4.69) is 43.4 Å². The second-order valence-corrected chi connectivity index (χ2v) is 5.86. The molecule has 0 aromatic heterocycles. The van der Waals surface area contributed by atoms with Crippen molar-refractivity contribution in [3.8, 4) is 0 Å². The maximum Gasteiger partial charge on any atom is -0.0165 e. The van der Waals surface area contributed by atoms with Crippen molar-refractivity contribution in [2.24, 2.45) is 17.8 Å². The van der Waals surface area contributed by atoms with Crippen molar-refractivity contribution < 1.29 is 0 Å². The monoisotopic (exact) mass is 244 g/mol. The minimum atomic E-state index is 0.893. The summed E-state index contributed by atoms with van der Waals surface area (Å²) in [6, 6.07) is 0. The summed E-state index contributed by atoms with van der Waals surface area (Å²) in [4.78, 5) is 0. The maximum absolute atomic E-state index is 2.44. The van der Waals surface area contributed by atoms with Crippen molar-refractivity contribution in [1.82, 2.24) is 0 Å². The Balaban J connectivity index is 1.62. The van der Waals surface area contributed by atoms with Gasteiger partial charge in [0.1, 0.15) is 0 Å². The minimum Gasteiger partial charge on any atom is -0.0885 e. The first-order valence-electron chi connectivity index (χ1n) is 7.90. The van der Waals surface area contributed by atoms with Crippen molar-refractivity contribution in [3.05, 3.63) is 36.5 Å². The van der Waals surface area contributed by atoms with Crippen LogP contribution in [0.1, 0.15) is 58.3 Å². The fourth-order valence-electron chi connectivity index (χ4n) is 3.00. The molecule has 0 saturated heterocycles. The van der Waals surface area contributed by atoms with Gasteiger partial charge in [-0.15, -0.1) is 0 Å². The van der Waals surface area contributed by atoms with Crippen LogP contribution in [0.15, 0.2) is 36.5 Å². The first-order valence-corrected chi connectivity index (χ1v) is 7.90. The van der Waals surface area contributed by atoms with Gasteiger partial charge in [0.25, 0.3) is 0 Å². The second kappa shape index (κ2) is 7.61. The fourth-order valence-corrected chi connectivity index (χ4v) is 3.00. The summed E-state index contributed by atoms with van der Waals surface area (Å²) < 4.78 is 0. The predicted octanol–water partition coefficient (Wildman–Crippen LogP) is 5.67. The first-order chi connectivity index (χ1) is 8.92. The molecular weight excluding hydrogens is 216 g/mol. The Morgan fingerprint density at radius 3 is 2.00 bits per heavy atom. The van der Waals surface area contributed by atoms with Crippen LogP contribution >= 0.6 is 0 Å². The third-order valence-corrected chi connectivity index (χ3v) is 4.48. The molecule has 0 aromatic carbocycles. The molecule has 0 aliphatic heterocycles. The third kappa shape index (κ3) is 3.86. The second-order valence-electron chi connectivity index (χ2n) is 5.86. The van der Waals surface area contributed by atoms with Gasteiger partial charge in [0.15, 0.2) is 0 Å². The highest BCUT2D eigenvalue weighted by Crippen LogP contribution is 2.40. The summed E-state index contributed by atoms with van der Waals surface area (Å²) >= 11 is 0. The van der Waals surface area contributed by atoms with Gasteiger partial charge >= 0.3 is 0 Å². The zero-order chi connectivity index (χ0) is 12.6. The Morgan fingerprint density at radius 2 is 1.56 bits per heavy atom. The van der Waals surface area contributed by atoms with Gasteiger partial charge in [-0.3, -0.25) is 0 Å². The van der Waals surface area contributed by atoms with E-state index >= 15 is 0 Å². The zero-order valence-corrected chi connectivity index (χ0v) is 11.9. The minimum absolute atomic E-state index is 0.893. The van der Waals surface area contributed by atoms with Gasteiger partial charge in [0, 0.05) is 0 Å². The SMILES string of the molecule is CCCCC=CCCCC(C1C=CC1)C1C=CC1. The lowest BCUT2D eigenvalue weighted by Gasteiger charge is -2.36. The molecule has 0 amide bonds. The van der Waals surface area contributed by atoms with Gasteiger partial charge in [-0.05, 0) is 56.3 Å². The lowest BCUT2D eigenvalue weighted by Crippen LogP contribution is -2.26. The molecule has 0 heterocycles. The Hall–Kier alpha value is -0.780. The predicted molar refractivity (Wildman–Crippen MR) is 80.5 cm³/mol. The van der Waals surface area contributed by atoms with E-state index in [0.717, 1.165) is 17.8 Å². The van der Waals surface area contributed by atoms with Crippen molar-refractivity contribution in [1.29, 1.82) is 0 Å². The number of hydrogen-bond acceptors (Lipinski definition) is 0. The molecule has 2 atom stereocenters. The zero-order valence-electron chi connectivity index (χ0n) is 11.9. The molecule has 0 fully saturated rings. The van der Waals surface area contributed by atoms with E-state index in [1.165, 1.54) is 51.4 Å². The van der Waals surface area contributed by atoms with Crippen molar-refractivity contribution in [3.63, 3.8) is 0 Å². The van der Waals surface area contributed by atoms with Gasteiger partial charge in [-0.25, -0.2) is 0 Å². The standard InChI is InChI=1S/C18H28/c1-2-3-4-5-6-7-8-15-18(16-11-9-12-16)17-13-10-14-17/h5-6,9-11,13,16-18H,2-4,7-8,12,14-15H2,1H3. The Bertz CT molecular complexity index is 288. The van der Waals surface area contributed by atoms with Crippen LogP contribution < -0.4 is 0 Å². The lowest BCUT2D eigenvalue weighted by molar-refractivity contribution is 0.254. The summed E-state index contributed by atoms with van der Waals surface area (Å²) in [5.74, 6) is 2.72. The van der Waals surface area contributed by atoms with E-state index in [-0.39, 0.29) is 0 Å². The molecule has 0 aromatic rings. The van der Waals surface area contributed by atoms with Crippen molar-refractivity contribution in [2.45, 2.75) is 58.3 Å². The summed E-state index contributed by atoms with van der Waals surface area (Å²) in [5, 5.41) is 0. The fraction of sp³-hybridized carbons (Fsp3) is 0.667. The van der Waals surface area contributed by atoms with E-state index in [0.29, 0.717) is 0 Å². The van der Waals surface area contributed by atoms with Crippen LogP contribution in [0.25, 0.3) is 0 Å². The van der Waals surface area contributed by atoms with Crippen LogP contribution in [0.4, 0.5) is 0 Å². The number of unbranched alkanes of at least 4 members (excludes halogenated alkanes) is 3. The molecule has 0 saturated carbocycles. The van der Waals surface area contributed by atoms with E-state index in [9.17, 15) is 0 Å². The number of rotatable bonds is 9. The summed E-state index contributed by atoms with van der Waals surface area (Å²) in [6.45, 7) is 2.26. The molecule has 2 rings (SSSR count). The smallest absolute Gasteiger partial charge is 0.0165 e. The van der Waals surface area contributed by atoms with Crippen LogP contribution in [-0.2, 0) is 0 Å². The van der Waals surface area contributed by atoms with Gasteiger partial charge in [-0.2, -0.15) is 0 Å². The van der Waals surface area contributed by atoms with Crippen molar-refractivity contribution in [2.75, 3.05) is 0 Å². The molecule has 2 aliphatic rings. The highest BCUT2D eigenvalue weighted by molar-refractivity contribution is 5.12. The molecule has 0 bridgehead atoms. The summed E-state index contributed by atoms with van der Waals surface area (Å²) in [7, 11) is 0. The molecule has 0 heteroatoms. The summed E-state index contributed by atoms with van der Waals surface area (Å²) in [6.07, 6.45) is 25.0. The van der Waals surface area contributed by atoms with Crippen LogP contribution in [0.2, 0.25) is 0 Å². The first kappa shape index (κ1) is 13.6. The molecule has 100 valence electrons. The van der Waals surface area contributed by atoms with E-state index in [4.69, 9.17) is 0 Å². The average molecular weight is 244 g/mol. The number of hydrogen-bond donors (Lipinski definition) is 0.